The molecule has 0 saturated heterocycles. The normalized spacial score (nSPS) is 11.0. The molecule has 0 aromatic heterocycles. The average molecular weight is 407 g/mol. The molecule has 28 heavy (non-hydrogen) atoms. The molecular formula is C20H26N2O5S. The van der Waals surface area contributed by atoms with Gasteiger partial charge in [-0.2, -0.15) is 0 Å². The van der Waals surface area contributed by atoms with Gasteiger partial charge in [0.15, 0.2) is 0 Å². The van der Waals surface area contributed by atoms with Crippen LogP contribution in [0.5, 0.6) is 11.5 Å². The highest BCUT2D eigenvalue weighted by Crippen LogP contribution is 2.23. The zero-order chi connectivity index (χ0) is 20.6. The van der Waals surface area contributed by atoms with E-state index in [1.54, 1.807) is 31.4 Å². The summed E-state index contributed by atoms with van der Waals surface area (Å²) >= 11 is 0. The average Bonchev–Trinajstić information content (AvgIpc) is 2.68. The first-order chi connectivity index (χ1) is 13.3. The minimum absolute atomic E-state index is 0.253. The van der Waals surface area contributed by atoms with Gasteiger partial charge in [-0.3, -0.25) is 9.10 Å². The SMILES string of the molecule is CCc1ccccc1N(CC(=O)NCCOc1cccc(OC)c1)S(C)(=O)=O. The number of benzene rings is 2. The molecule has 1 N–H and O–H groups in total. The van der Waals surface area contributed by atoms with Crippen molar-refractivity contribution < 1.29 is 22.7 Å². The van der Waals surface area contributed by atoms with Crippen LogP contribution < -0.4 is 19.1 Å². The highest BCUT2D eigenvalue weighted by atomic mass is 32.2. The maximum absolute atomic E-state index is 12.3. The monoisotopic (exact) mass is 406 g/mol. The van der Waals surface area contributed by atoms with Crippen molar-refractivity contribution in [3.63, 3.8) is 0 Å². The van der Waals surface area contributed by atoms with Gasteiger partial charge >= 0.3 is 0 Å². The molecule has 0 heterocycles. The summed E-state index contributed by atoms with van der Waals surface area (Å²) in [7, 11) is -2.03. The number of nitrogens with zero attached hydrogens (tertiary/aromatic N) is 1. The summed E-state index contributed by atoms with van der Waals surface area (Å²) in [5.41, 5.74) is 1.39. The highest BCUT2D eigenvalue weighted by Gasteiger charge is 2.22. The van der Waals surface area contributed by atoms with E-state index in [1.807, 2.05) is 31.2 Å². The first-order valence-electron chi connectivity index (χ1n) is 8.94. The van der Waals surface area contributed by atoms with Crippen LogP contribution in [0, 0.1) is 0 Å². The number of aryl methyl sites for hydroxylation is 1. The Morgan fingerprint density at radius 1 is 1.11 bits per heavy atom. The molecule has 7 nitrogen and oxygen atoms in total. The van der Waals surface area contributed by atoms with Gasteiger partial charge in [-0.15, -0.1) is 0 Å². The summed E-state index contributed by atoms with van der Waals surface area (Å²) in [5, 5.41) is 2.69. The summed E-state index contributed by atoms with van der Waals surface area (Å²) in [6.45, 7) is 2.16. The molecule has 2 aromatic carbocycles. The van der Waals surface area contributed by atoms with Crippen LogP contribution in [0.2, 0.25) is 0 Å². The molecule has 0 atom stereocenters. The molecule has 0 aliphatic heterocycles. The van der Waals surface area contributed by atoms with E-state index >= 15 is 0 Å². The number of carbonyl (C=O) groups excluding carboxylic acids is 1. The minimum atomic E-state index is -3.60. The van der Waals surface area contributed by atoms with Crippen molar-refractivity contribution in [1.29, 1.82) is 0 Å². The number of para-hydroxylation sites is 1. The van der Waals surface area contributed by atoms with Crippen molar-refractivity contribution in [1.82, 2.24) is 5.32 Å². The fourth-order valence-electron chi connectivity index (χ4n) is 2.67. The van der Waals surface area contributed by atoms with E-state index in [-0.39, 0.29) is 19.7 Å². The van der Waals surface area contributed by atoms with E-state index in [1.165, 1.54) is 0 Å². The minimum Gasteiger partial charge on any atom is -0.497 e. The van der Waals surface area contributed by atoms with E-state index in [0.29, 0.717) is 23.6 Å². The van der Waals surface area contributed by atoms with Crippen LogP contribution in [-0.2, 0) is 21.2 Å². The standard InChI is InChI=1S/C20H26N2O5S/c1-4-16-8-5-6-11-19(16)22(28(3,24)25)15-20(23)21-12-13-27-18-10-7-9-17(14-18)26-2/h5-11,14H,4,12-13,15H2,1-3H3,(H,21,23). The molecule has 152 valence electrons. The Bertz CT molecular complexity index is 899. The lowest BCUT2D eigenvalue weighted by molar-refractivity contribution is -0.119. The van der Waals surface area contributed by atoms with Crippen LogP contribution in [-0.4, -0.2) is 47.4 Å². The van der Waals surface area contributed by atoms with Gasteiger partial charge in [-0.25, -0.2) is 8.42 Å². The molecule has 0 bridgehead atoms. The maximum atomic E-state index is 12.3. The van der Waals surface area contributed by atoms with Crippen molar-refractivity contribution in [2.24, 2.45) is 0 Å². The predicted molar refractivity (Wildman–Crippen MR) is 110 cm³/mol. The lowest BCUT2D eigenvalue weighted by Crippen LogP contribution is -2.41. The number of sulfonamides is 1. The maximum Gasteiger partial charge on any atom is 0.240 e. The fraction of sp³-hybridized carbons (Fsp3) is 0.350. The van der Waals surface area contributed by atoms with E-state index in [9.17, 15) is 13.2 Å². The van der Waals surface area contributed by atoms with Crippen molar-refractivity contribution in [2.75, 3.05) is 37.4 Å². The molecule has 0 aliphatic carbocycles. The van der Waals surface area contributed by atoms with Crippen LogP contribution in [0.1, 0.15) is 12.5 Å². The van der Waals surface area contributed by atoms with Crippen LogP contribution in [0.4, 0.5) is 5.69 Å². The first kappa shape index (κ1) is 21.6. The molecule has 1 amide bonds. The number of amides is 1. The third-order valence-electron chi connectivity index (χ3n) is 4.06. The lowest BCUT2D eigenvalue weighted by Gasteiger charge is -2.24. The number of anilines is 1. The van der Waals surface area contributed by atoms with Gasteiger partial charge < -0.3 is 14.8 Å². The Morgan fingerprint density at radius 3 is 2.50 bits per heavy atom. The Labute approximate surface area is 166 Å². The van der Waals surface area contributed by atoms with E-state index in [4.69, 9.17) is 9.47 Å². The van der Waals surface area contributed by atoms with Gasteiger partial charge in [-0.1, -0.05) is 31.2 Å². The van der Waals surface area contributed by atoms with Gasteiger partial charge in [0, 0.05) is 6.07 Å². The van der Waals surface area contributed by atoms with Gasteiger partial charge in [0.1, 0.15) is 24.7 Å². The second-order valence-electron chi connectivity index (χ2n) is 6.13. The summed E-state index contributed by atoms with van der Waals surface area (Å²) < 4.78 is 36.3. The largest absolute Gasteiger partial charge is 0.497 e. The van der Waals surface area contributed by atoms with E-state index in [2.05, 4.69) is 5.32 Å². The Hall–Kier alpha value is -2.74. The van der Waals surface area contributed by atoms with Crippen molar-refractivity contribution in [3.05, 3.63) is 54.1 Å². The number of rotatable bonds is 10. The Morgan fingerprint density at radius 2 is 1.82 bits per heavy atom. The molecule has 0 spiro atoms. The zero-order valence-corrected chi connectivity index (χ0v) is 17.2. The number of nitrogens with one attached hydrogen (secondary N) is 1. The first-order valence-corrected chi connectivity index (χ1v) is 10.8. The van der Waals surface area contributed by atoms with Crippen LogP contribution in [0.15, 0.2) is 48.5 Å². The van der Waals surface area contributed by atoms with Crippen molar-refractivity contribution in [2.45, 2.75) is 13.3 Å². The molecule has 0 fully saturated rings. The molecule has 0 aliphatic rings. The molecule has 8 heteroatoms. The second-order valence-corrected chi connectivity index (χ2v) is 8.04. The Balaban J connectivity index is 1.93. The van der Waals surface area contributed by atoms with Crippen molar-refractivity contribution in [3.8, 4) is 11.5 Å². The van der Waals surface area contributed by atoms with Crippen LogP contribution >= 0.6 is 0 Å². The molecule has 2 rings (SSSR count). The lowest BCUT2D eigenvalue weighted by atomic mass is 10.1. The van der Waals surface area contributed by atoms with Crippen LogP contribution in [0.25, 0.3) is 0 Å². The van der Waals surface area contributed by atoms with Crippen molar-refractivity contribution >= 4 is 21.6 Å². The third-order valence-corrected chi connectivity index (χ3v) is 5.19. The fourth-order valence-corrected chi connectivity index (χ4v) is 3.56. The number of carbonyl (C=O) groups is 1. The van der Waals surface area contributed by atoms with Gasteiger partial charge in [0.05, 0.1) is 25.6 Å². The molecule has 2 aromatic rings. The quantitative estimate of drug-likeness (QED) is 0.612. The van der Waals surface area contributed by atoms with Gasteiger partial charge in [-0.05, 0) is 30.2 Å². The number of methoxy groups -OCH3 is 1. The summed E-state index contributed by atoms with van der Waals surface area (Å²) in [5.74, 6) is 0.911. The molecule has 0 unspecified atom stereocenters. The van der Waals surface area contributed by atoms with E-state index in [0.717, 1.165) is 16.1 Å². The molecule has 0 saturated carbocycles. The highest BCUT2D eigenvalue weighted by molar-refractivity contribution is 7.92. The number of ether oxygens (including phenoxy) is 2. The van der Waals surface area contributed by atoms with E-state index < -0.39 is 15.9 Å². The summed E-state index contributed by atoms with van der Waals surface area (Å²) in [4.78, 5) is 12.3. The molecule has 0 radical (unpaired) electrons. The Kier molecular flexibility index (Phi) is 7.69. The molecular weight excluding hydrogens is 380 g/mol. The van der Waals surface area contributed by atoms with Gasteiger partial charge in [0.2, 0.25) is 15.9 Å². The smallest absolute Gasteiger partial charge is 0.240 e. The summed E-state index contributed by atoms with van der Waals surface area (Å²) in [6, 6.07) is 14.3. The topological polar surface area (TPSA) is 84.9 Å². The number of hydrogen-bond donors (Lipinski definition) is 1. The summed E-state index contributed by atoms with van der Waals surface area (Å²) in [6.07, 6.45) is 1.76. The third kappa shape index (κ3) is 6.16. The van der Waals surface area contributed by atoms with Gasteiger partial charge in [0.25, 0.3) is 0 Å². The van der Waals surface area contributed by atoms with Crippen LogP contribution in [0.3, 0.4) is 0 Å². The number of hydrogen-bond acceptors (Lipinski definition) is 5. The second kappa shape index (κ2) is 9.98. The zero-order valence-electron chi connectivity index (χ0n) is 16.3. The predicted octanol–water partition coefficient (Wildman–Crippen LogP) is 2.22.